The minimum absolute atomic E-state index is 0.0865. The Morgan fingerprint density at radius 2 is 2.13 bits per heavy atom. The molecule has 1 aromatic rings. The summed E-state index contributed by atoms with van der Waals surface area (Å²) in [6.45, 7) is 2.60. The van der Waals surface area contributed by atoms with Gasteiger partial charge in [0.15, 0.2) is 0 Å². The number of hydrogen-bond acceptors (Lipinski definition) is 2. The summed E-state index contributed by atoms with van der Waals surface area (Å²) in [7, 11) is 1.64. The van der Waals surface area contributed by atoms with E-state index in [9.17, 15) is 4.79 Å². The van der Waals surface area contributed by atoms with Crippen molar-refractivity contribution in [1.82, 2.24) is 5.32 Å². The van der Waals surface area contributed by atoms with Crippen molar-refractivity contribution in [3.8, 4) is 5.75 Å². The zero-order chi connectivity index (χ0) is 11.1. The predicted molar refractivity (Wildman–Crippen MR) is 60.0 cm³/mol. The number of carbonyl (C=O) groups excluding carboxylic acids is 1. The van der Waals surface area contributed by atoms with Gasteiger partial charge < -0.3 is 10.1 Å². The molecule has 1 rings (SSSR count). The molecule has 0 saturated heterocycles. The van der Waals surface area contributed by atoms with Gasteiger partial charge in [-0.3, -0.25) is 4.79 Å². The van der Waals surface area contributed by atoms with Crippen molar-refractivity contribution in [2.75, 3.05) is 13.7 Å². The largest absolute Gasteiger partial charge is 0.496 e. The fourth-order valence-electron chi connectivity index (χ4n) is 1.44. The van der Waals surface area contributed by atoms with Gasteiger partial charge in [-0.15, -0.1) is 0 Å². The molecular weight excluding hydrogens is 190 g/mol. The van der Waals surface area contributed by atoms with Crippen LogP contribution in [0.2, 0.25) is 0 Å². The Labute approximate surface area is 90.4 Å². The predicted octanol–water partition coefficient (Wildman–Crippen LogP) is 1.76. The van der Waals surface area contributed by atoms with Crippen molar-refractivity contribution in [3.05, 3.63) is 29.8 Å². The first-order valence-electron chi connectivity index (χ1n) is 5.16. The molecule has 3 nitrogen and oxygen atoms in total. The van der Waals surface area contributed by atoms with Gasteiger partial charge in [0.2, 0.25) is 5.91 Å². The van der Waals surface area contributed by atoms with Gasteiger partial charge in [0.1, 0.15) is 5.75 Å². The number of methoxy groups -OCH3 is 1. The molecule has 1 amide bonds. The number of aryl methyl sites for hydroxylation is 1. The average molecular weight is 207 g/mol. The Balaban J connectivity index is 2.53. The van der Waals surface area contributed by atoms with Crippen LogP contribution >= 0.6 is 0 Å². The summed E-state index contributed by atoms with van der Waals surface area (Å²) in [6, 6.07) is 7.77. The lowest BCUT2D eigenvalue weighted by Gasteiger charge is -2.07. The number of carbonyl (C=O) groups is 1. The number of benzene rings is 1. The fourth-order valence-corrected chi connectivity index (χ4v) is 1.44. The first-order valence-corrected chi connectivity index (χ1v) is 5.16. The van der Waals surface area contributed by atoms with E-state index >= 15 is 0 Å². The van der Waals surface area contributed by atoms with Crippen LogP contribution in [0.4, 0.5) is 0 Å². The molecule has 0 fully saturated rings. The monoisotopic (exact) mass is 207 g/mol. The van der Waals surface area contributed by atoms with E-state index in [1.165, 1.54) is 0 Å². The number of amides is 1. The van der Waals surface area contributed by atoms with E-state index in [4.69, 9.17) is 4.74 Å². The zero-order valence-electron chi connectivity index (χ0n) is 9.25. The fraction of sp³-hybridized carbons (Fsp3) is 0.417. The highest BCUT2D eigenvalue weighted by Crippen LogP contribution is 2.18. The molecule has 0 aliphatic carbocycles. The minimum Gasteiger partial charge on any atom is -0.496 e. The van der Waals surface area contributed by atoms with Gasteiger partial charge in [-0.1, -0.05) is 18.2 Å². The van der Waals surface area contributed by atoms with E-state index in [1.54, 1.807) is 7.11 Å². The molecule has 0 spiro atoms. The Bertz CT molecular complexity index is 323. The van der Waals surface area contributed by atoms with Crippen LogP contribution < -0.4 is 10.1 Å². The van der Waals surface area contributed by atoms with E-state index in [0.717, 1.165) is 17.7 Å². The van der Waals surface area contributed by atoms with Crippen molar-refractivity contribution < 1.29 is 9.53 Å². The Kier molecular flexibility index (Phi) is 4.68. The lowest BCUT2D eigenvalue weighted by molar-refractivity contribution is -0.120. The standard InChI is InChI=1S/C12H17NO2/c1-3-13-12(14)9-8-10-6-4-5-7-11(10)15-2/h4-7H,3,8-9H2,1-2H3,(H,13,14). The molecule has 1 N–H and O–H groups in total. The number of hydrogen-bond donors (Lipinski definition) is 1. The van der Waals surface area contributed by atoms with E-state index in [0.29, 0.717) is 13.0 Å². The van der Waals surface area contributed by atoms with Gasteiger partial charge >= 0.3 is 0 Å². The van der Waals surface area contributed by atoms with Crippen LogP contribution in [-0.4, -0.2) is 19.6 Å². The molecule has 0 unspecified atom stereocenters. The SMILES string of the molecule is CCNC(=O)CCc1ccccc1OC. The smallest absolute Gasteiger partial charge is 0.220 e. The van der Waals surface area contributed by atoms with Crippen molar-refractivity contribution >= 4 is 5.91 Å². The van der Waals surface area contributed by atoms with Gasteiger partial charge in [-0.25, -0.2) is 0 Å². The third-order valence-electron chi connectivity index (χ3n) is 2.19. The second kappa shape index (κ2) is 6.06. The molecule has 0 aliphatic heterocycles. The maximum atomic E-state index is 11.3. The van der Waals surface area contributed by atoms with Gasteiger partial charge in [0, 0.05) is 13.0 Å². The second-order valence-electron chi connectivity index (χ2n) is 3.27. The molecule has 0 saturated carbocycles. The molecule has 0 bridgehead atoms. The van der Waals surface area contributed by atoms with Crippen molar-refractivity contribution in [2.45, 2.75) is 19.8 Å². The van der Waals surface area contributed by atoms with E-state index in [1.807, 2.05) is 31.2 Å². The van der Waals surface area contributed by atoms with Gasteiger partial charge in [-0.2, -0.15) is 0 Å². The highest BCUT2D eigenvalue weighted by Gasteiger charge is 2.04. The summed E-state index contributed by atoms with van der Waals surface area (Å²) >= 11 is 0. The minimum atomic E-state index is 0.0865. The van der Waals surface area contributed by atoms with Gasteiger partial charge in [0.25, 0.3) is 0 Å². The van der Waals surface area contributed by atoms with E-state index < -0.39 is 0 Å². The Hall–Kier alpha value is -1.51. The van der Waals surface area contributed by atoms with Crippen LogP contribution in [0.5, 0.6) is 5.75 Å². The van der Waals surface area contributed by atoms with Crippen molar-refractivity contribution in [2.24, 2.45) is 0 Å². The third kappa shape index (κ3) is 3.62. The molecule has 0 heterocycles. The normalized spacial score (nSPS) is 9.73. The topological polar surface area (TPSA) is 38.3 Å². The number of nitrogens with one attached hydrogen (secondary N) is 1. The van der Waals surface area contributed by atoms with Crippen molar-refractivity contribution in [1.29, 1.82) is 0 Å². The van der Waals surface area contributed by atoms with Gasteiger partial charge in [-0.05, 0) is 25.0 Å². The third-order valence-corrected chi connectivity index (χ3v) is 2.19. The molecule has 0 atom stereocenters. The molecule has 82 valence electrons. The molecule has 15 heavy (non-hydrogen) atoms. The molecular formula is C12H17NO2. The van der Waals surface area contributed by atoms with Crippen LogP contribution in [0.3, 0.4) is 0 Å². The molecule has 1 aromatic carbocycles. The summed E-state index contributed by atoms with van der Waals surface area (Å²) in [4.78, 5) is 11.3. The van der Waals surface area contributed by atoms with Crippen LogP contribution in [-0.2, 0) is 11.2 Å². The lowest BCUT2D eigenvalue weighted by Crippen LogP contribution is -2.22. The second-order valence-corrected chi connectivity index (χ2v) is 3.27. The van der Waals surface area contributed by atoms with Gasteiger partial charge in [0.05, 0.1) is 7.11 Å². The summed E-state index contributed by atoms with van der Waals surface area (Å²) in [5, 5.41) is 2.77. The molecule has 0 aromatic heterocycles. The highest BCUT2D eigenvalue weighted by molar-refractivity contribution is 5.76. The van der Waals surface area contributed by atoms with E-state index in [2.05, 4.69) is 5.32 Å². The maximum absolute atomic E-state index is 11.3. The Morgan fingerprint density at radius 1 is 1.40 bits per heavy atom. The summed E-state index contributed by atoms with van der Waals surface area (Å²) in [5.41, 5.74) is 1.08. The van der Waals surface area contributed by atoms with E-state index in [-0.39, 0.29) is 5.91 Å². The van der Waals surface area contributed by atoms with Crippen LogP contribution in [0, 0.1) is 0 Å². The summed E-state index contributed by atoms with van der Waals surface area (Å²) in [6.07, 6.45) is 1.23. The van der Waals surface area contributed by atoms with Crippen molar-refractivity contribution in [3.63, 3.8) is 0 Å². The van der Waals surface area contributed by atoms with Crippen LogP contribution in [0.1, 0.15) is 18.9 Å². The first-order chi connectivity index (χ1) is 7.27. The average Bonchev–Trinajstić information content (AvgIpc) is 2.27. The quantitative estimate of drug-likeness (QED) is 0.799. The summed E-state index contributed by atoms with van der Waals surface area (Å²) in [5.74, 6) is 0.935. The summed E-state index contributed by atoms with van der Waals surface area (Å²) < 4.78 is 5.21. The number of para-hydroxylation sites is 1. The number of ether oxygens (including phenoxy) is 1. The molecule has 3 heteroatoms. The molecule has 0 radical (unpaired) electrons. The lowest BCUT2D eigenvalue weighted by atomic mass is 10.1. The zero-order valence-corrected chi connectivity index (χ0v) is 9.25. The highest BCUT2D eigenvalue weighted by atomic mass is 16.5. The Morgan fingerprint density at radius 3 is 2.80 bits per heavy atom. The van der Waals surface area contributed by atoms with Crippen LogP contribution in [0.25, 0.3) is 0 Å². The van der Waals surface area contributed by atoms with Crippen LogP contribution in [0.15, 0.2) is 24.3 Å². The number of rotatable bonds is 5. The maximum Gasteiger partial charge on any atom is 0.220 e. The first kappa shape index (κ1) is 11.6. The molecule has 0 aliphatic rings.